The Morgan fingerprint density at radius 1 is 1.04 bits per heavy atom. The Kier molecular flexibility index (Phi) is 5.26. The molecule has 0 aliphatic heterocycles. The molecule has 0 saturated carbocycles. The Morgan fingerprint density at radius 2 is 1.87 bits per heavy atom. The number of thiazole rings is 1. The van der Waals surface area contributed by atoms with Gasteiger partial charge in [0.25, 0.3) is 0 Å². The number of aryl methyl sites for hydroxylation is 1. The molecule has 1 heterocycles. The molecule has 3 rings (SSSR count). The molecule has 3 nitrogen and oxygen atoms in total. The van der Waals surface area contributed by atoms with Crippen LogP contribution in [-0.4, -0.2) is 18.1 Å². The lowest BCUT2D eigenvalue weighted by Gasteiger charge is -2.06. The first kappa shape index (κ1) is 16.0. The SMILES string of the molecule is Cc1ccc2nc(-c3ccc(NCCCCCN)cc3)sc2c1. The Morgan fingerprint density at radius 3 is 2.65 bits per heavy atom. The second kappa shape index (κ2) is 7.57. The highest BCUT2D eigenvalue weighted by molar-refractivity contribution is 7.21. The lowest BCUT2D eigenvalue weighted by atomic mass is 10.2. The maximum atomic E-state index is 5.50. The van der Waals surface area contributed by atoms with Gasteiger partial charge in [0.05, 0.1) is 10.2 Å². The third-order valence-electron chi connectivity index (χ3n) is 3.89. The second-order valence-electron chi connectivity index (χ2n) is 5.84. The number of rotatable bonds is 7. The summed E-state index contributed by atoms with van der Waals surface area (Å²) in [4.78, 5) is 4.74. The van der Waals surface area contributed by atoms with Gasteiger partial charge in [-0.2, -0.15) is 0 Å². The number of hydrogen-bond acceptors (Lipinski definition) is 4. The Balaban J connectivity index is 1.66. The fourth-order valence-electron chi connectivity index (χ4n) is 2.56. The van der Waals surface area contributed by atoms with Gasteiger partial charge < -0.3 is 11.1 Å². The number of anilines is 1. The number of aromatic nitrogens is 1. The molecule has 23 heavy (non-hydrogen) atoms. The van der Waals surface area contributed by atoms with Crippen molar-refractivity contribution in [3.8, 4) is 10.6 Å². The minimum Gasteiger partial charge on any atom is -0.385 e. The molecule has 0 atom stereocenters. The number of nitrogens with two attached hydrogens (primary N) is 1. The van der Waals surface area contributed by atoms with Gasteiger partial charge in [0.2, 0.25) is 0 Å². The van der Waals surface area contributed by atoms with E-state index in [0.29, 0.717) is 0 Å². The van der Waals surface area contributed by atoms with Gasteiger partial charge in [-0.25, -0.2) is 4.98 Å². The highest BCUT2D eigenvalue weighted by Gasteiger charge is 2.06. The van der Waals surface area contributed by atoms with Gasteiger partial charge in [-0.3, -0.25) is 0 Å². The number of hydrogen-bond donors (Lipinski definition) is 2. The van der Waals surface area contributed by atoms with Crippen LogP contribution in [0.3, 0.4) is 0 Å². The van der Waals surface area contributed by atoms with Gasteiger partial charge in [-0.15, -0.1) is 11.3 Å². The largest absolute Gasteiger partial charge is 0.385 e. The molecule has 3 N–H and O–H groups in total. The van der Waals surface area contributed by atoms with Gasteiger partial charge in [0.15, 0.2) is 0 Å². The van der Waals surface area contributed by atoms with Gasteiger partial charge in [0.1, 0.15) is 5.01 Å². The number of unbranched alkanes of at least 4 members (excludes halogenated alkanes) is 2. The van der Waals surface area contributed by atoms with Crippen LogP contribution in [0.1, 0.15) is 24.8 Å². The molecule has 0 saturated heterocycles. The average molecular weight is 325 g/mol. The molecule has 0 spiro atoms. The predicted octanol–water partition coefficient (Wildman–Crippen LogP) is 4.81. The molecule has 0 bridgehead atoms. The van der Waals surface area contributed by atoms with E-state index in [1.807, 2.05) is 0 Å². The summed E-state index contributed by atoms with van der Waals surface area (Å²) in [6, 6.07) is 15.0. The smallest absolute Gasteiger partial charge is 0.124 e. The summed E-state index contributed by atoms with van der Waals surface area (Å²) in [5.41, 5.74) is 10.2. The summed E-state index contributed by atoms with van der Waals surface area (Å²) in [5.74, 6) is 0. The molecule has 1 aromatic heterocycles. The topological polar surface area (TPSA) is 50.9 Å². The Labute approximate surface area is 141 Å². The van der Waals surface area contributed by atoms with Crippen molar-refractivity contribution in [2.45, 2.75) is 26.2 Å². The molecule has 0 aliphatic carbocycles. The third kappa shape index (κ3) is 4.09. The first-order valence-corrected chi connectivity index (χ1v) is 8.99. The molecular formula is C19H23N3S. The summed E-state index contributed by atoms with van der Waals surface area (Å²) >= 11 is 1.75. The maximum absolute atomic E-state index is 5.50. The molecule has 4 heteroatoms. The summed E-state index contributed by atoms with van der Waals surface area (Å²) in [5, 5.41) is 4.54. The molecule has 120 valence electrons. The van der Waals surface area contributed by atoms with E-state index in [2.05, 4.69) is 54.7 Å². The van der Waals surface area contributed by atoms with Crippen LogP contribution in [0, 0.1) is 6.92 Å². The first-order valence-electron chi connectivity index (χ1n) is 8.18. The summed E-state index contributed by atoms with van der Waals surface area (Å²) in [6.45, 7) is 3.91. The fourth-order valence-corrected chi connectivity index (χ4v) is 3.63. The number of fused-ring (bicyclic) bond motifs is 1. The van der Waals surface area contributed by atoms with E-state index < -0.39 is 0 Å². The fraction of sp³-hybridized carbons (Fsp3) is 0.316. The zero-order valence-electron chi connectivity index (χ0n) is 13.5. The summed E-state index contributed by atoms with van der Waals surface area (Å²) < 4.78 is 1.25. The molecule has 0 fully saturated rings. The minimum absolute atomic E-state index is 0.788. The van der Waals surface area contributed by atoms with Gasteiger partial charge in [-0.1, -0.05) is 12.5 Å². The van der Waals surface area contributed by atoms with E-state index >= 15 is 0 Å². The van der Waals surface area contributed by atoms with Gasteiger partial charge >= 0.3 is 0 Å². The lowest BCUT2D eigenvalue weighted by molar-refractivity contribution is 0.707. The summed E-state index contributed by atoms with van der Waals surface area (Å²) in [6.07, 6.45) is 3.46. The van der Waals surface area contributed by atoms with E-state index in [1.54, 1.807) is 11.3 Å². The van der Waals surface area contributed by atoms with Crippen molar-refractivity contribution in [2.24, 2.45) is 5.73 Å². The second-order valence-corrected chi connectivity index (χ2v) is 6.87. The van der Waals surface area contributed by atoms with Crippen LogP contribution in [-0.2, 0) is 0 Å². The van der Waals surface area contributed by atoms with E-state index in [0.717, 1.165) is 36.5 Å². The predicted molar refractivity (Wildman–Crippen MR) is 101 cm³/mol. The van der Waals surface area contributed by atoms with Crippen LogP contribution in [0.2, 0.25) is 0 Å². The minimum atomic E-state index is 0.788. The van der Waals surface area contributed by atoms with Crippen molar-refractivity contribution < 1.29 is 0 Å². The van der Waals surface area contributed by atoms with Crippen LogP contribution in [0.15, 0.2) is 42.5 Å². The highest BCUT2D eigenvalue weighted by atomic mass is 32.1. The Bertz CT molecular complexity index is 762. The van der Waals surface area contributed by atoms with E-state index in [1.165, 1.54) is 27.9 Å². The Hall–Kier alpha value is -1.91. The molecule has 0 aliphatic rings. The van der Waals surface area contributed by atoms with Crippen LogP contribution < -0.4 is 11.1 Å². The normalized spacial score (nSPS) is 11.0. The van der Waals surface area contributed by atoms with Crippen molar-refractivity contribution in [3.05, 3.63) is 48.0 Å². The number of nitrogens with zero attached hydrogens (tertiary/aromatic N) is 1. The maximum Gasteiger partial charge on any atom is 0.124 e. The molecule has 2 aromatic carbocycles. The van der Waals surface area contributed by atoms with E-state index in [4.69, 9.17) is 10.7 Å². The van der Waals surface area contributed by atoms with Crippen LogP contribution in [0.25, 0.3) is 20.8 Å². The molecule has 0 radical (unpaired) electrons. The van der Waals surface area contributed by atoms with Crippen molar-refractivity contribution in [3.63, 3.8) is 0 Å². The van der Waals surface area contributed by atoms with Crippen molar-refractivity contribution in [1.82, 2.24) is 4.98 Å². The van der Waals surface area contributed by atoms with E-state index in [-0.39, 0.29) is 0 Å². The quantitative estimate of drug-likeness (QED) is 0.613. The zero-order chi connectivity index (χ0) is 16.1. The lowest BCUT2D eigenvalue weighted by Crippen LogP contribution is -2.03. The number of benzene rings is 2. The molecule has 0 unspecified atom stereocenters. The average Bonchev–Trinajstić information content (AvgIpc) is 2.98. The molecule has 0 amide bonds. The molecule has 3 aromatic rings. The standard InChI is InChI=1S/C19H23N3S/c1-14-5-10-17-18(13-14)23-19(22-17)15-6-8-16(9-7-15)21-12-4-2-3-11-20/h5-10,13,21H,2-4,11-12,20H2,1H3. The number of nitrogens with one attached hydrogen (secondary N) is 1. The van der Waals surface area contributed by atoms with Crippen molar-refractivity contribution >= 4 is 27.2 Å². The third-order valence-corrected chi connectivity index (χ3v) is 4.95. The van der Waals surface area contributed by atoms with Crippen LogP contribution in [0.5, 0.6) is 0 Å². The van der Waals surface area contributed by atoms with Gasteiger partial charge in [0, 0.05) is 17.8 Å². The van der Waals surface area contributed by atoms with Crippen molar-refractivity contribution in [1.29, 1.82) is 0 Å². The summed E-state index contributed by atoms with van der Waals surface area (Å²) in [7, 11) is 0. The highest BCUT2D eigenvalue weighted by Crippen LogP contribution is 2.31. The van der Waals surface area contributed by atoms with Gasteiger partial charge in [-0.05, 0) is 68.3 Å². The van der Waals surface area contributed by atoms with E-state index in [9.17, 15) is 0 Å². The van der Waals surface area contributed by atoms with Crippen molar-refractivity contribution in [2.75, 3.05) is 18.4 Å². The van der Waals surface area contributed by atoms with Crippen LogP contribution in [0.4, 0.5) is 5.69 Å². The zero-order valence-corrected chi connectivity index (χ0v) is 14.3. The monoisotopic (exact) mass is 325 g/mol. The first-order chi connectivity index (χ1) is 11.3. The van der Waals surface area contributed by atoms with Crippen LogP contribution >= 0.6 is 11.3 Å². The molecular weight excluding hydrogens is 302 g/mol.